The zero-order chi connectivity index (χ0) is 14.2. The molecule has 0 spiro atoms. The van der Waals surface area contributed by atoms with Gasteiger partial charge in [0.15, 0.2) is 0 Å². The molecule has 2 aliphatic carbocycles. The quantitative estimate of drug-likeness (QED) is 0.565. The molecule has 7 nitrogen and oxygen atoms in total. The van der Waals surface area contributed by atoms with E-state index in [1.807, 2.05) is 0 Å². The minimum absolute atomic E-state index is 0.139. The summed E-state index contributed by atoms with van der Waals surface area (Å²) in [5, 5.41) is 3.00. The molecule has 2 aliphatic rings. The molecule has 0 saturated heterocycles. The van der Waals surface area contributed by atoms with Gasteiger partial charge in [-0.15, -0.1) is 0 Å². The van der Waals surface area contributed by atoms with E-state index in [2.05, 4.69) is 5.18 Å². The number of hydrogen-bond donors (Lipinski definition) is 1. The number of nitrogens with two attached hydrogens (primary N) is 1. The molecule has 2 N–H and O–H groups in total. The van der Waals surface area contributed by atoms with Gasteiger partial charge >= 0.3 is 11.9 Å². The monoisotopic (exact) mass is 270 g/mol. The molecule has 0 amide bonds. The Hall–Kier alpha value is -1.50. The Morgan fingerprint density at radius 3 is 2.47 bits per heavy atom. The highest BCUT2D eigenvalue weighted by Crippen LogP contribution is 2.63. The molecule has 0 aromatic rings. The van der Waals surface area contributed by atoms with E-state index < -0.39 is 35.4 Å². The van der Waals surface area contributed by atoms with Crippen molar-refractivity contribution in [1.29, 1.82) is 0 Å². The largest absolute Gasteiger partial charge is 0.466 e. The maximum absolute atomic E-state index is 11.9. The van der Waals surface area contributed by atoms with Crippen molar-refractivity contribution >= 4 is 11.9 Å². The lowest BCUT2D eigenvalue weighted by Crippen LogP contribution is -2.51. The third kappa shape index (κ3) is 2.01. The predicted molar refractivity (Wildman–Crippen MR) is 64.9 cm³/mol. The lowest BCUT2D eigenvalue weighted by atomic mass is 9.90. The van der Waals surface area contributed by atoms with E-state index in [4.69, 9.17) is 15.2 Å². The van der Waals surface area contributed by atoms with Gasteiger partial charge in [0.1, 0.15) is 5.54 Å². The summed E-state index contributed by atoms with van der Waals surface area (Å²) >= 11 is 0. The molecule has 2 rings (SSSR count). The van der Waals surface area contributed by atoms with E-state index >= 15 is 0 Å². The van der Waals surface area contributed by atoms with Gasteiger partial charge in [-0.3, -0.25) is 9.59 Å². The van der Waals surface area contributed by atoms with Crippen LogP contribution in [0, 0.1) is 22.7 Å². The zero-order valence-corrected chi connectivity index (χ0v) is 11.0. The van der Waals surface area contributed by atoms with E-state index in [1.165, 1.54) is 0 Å². The van der Waals surface area contributed by atoms with E-state index in [1.54, 1.807) is 13.8 Å². The van der Waals surface area contributed by atoms with Crippen molar-refractivity contribution in [3.63, 3.8) is 0 Å². The van der Waals surface area contributed by atoms with E-state index in [0.29, 0.717) is 0 Å². The van der Waals surface area contributed by atoms with Crippen molar-refractivity contribution in [3.05, 3.63) is 4.91 Å². The number of nitroso groups, excluding NO2 is 1. The van der Waals surface area contributed by atoms with Crippen LogP contribution >= 0.6 is 0 Å². The summed E-state index contributed by atoms with van der Waals surface area (Å²) < 4.78 is 9.88. The molecule has 5 atom stereocenters. The number of fused-ring (bicyclic) bond motifs is 1. The first-order valence-corrected chi connectivity index (χ1v) is 6.46. The van der Waals surface area contributed by atoms with Crippen LogP contribution in [-0.4, -0.2) is 36.7 Å². The number of esters is 2. The molecule has 2 unspecified atom stereocenters. The molecule has 7 heteroatoms. The first-order chi connectivity index (χ1) is 9.01. The van der Waals surface area contributed by atoms with Crippen LogP contribution in [0.2, 0.25) is 0 Å². The Balaban J connectivity index is 2.18. The summed E-state index contributed by atoms with van der Waals surface area (Å²) in [5.74, 6) is -2.17. The molecular weight excluding hydrogens is 252 g/mol. The van der Waals surface area contributed by atoms with Crippen LogP contribution in [0.1, 0.15) is 20.3 Å². The molecule has 19 heavy (non-hydrogen) atoms. The number of rotatable bonds is 5. The fourth-order valence-electron chi connectivity index (χ4n) is 3.23. The Labute approximate surface area is 110 Å². The topological polar surface area (TPSA) is 108 Å². The summed E-state index contributed by atoms with van der Waals surface area (Å²) in [5.41, 5.74) is 4.79. The van der Waals surface area contributed by atoms with Crippen LogP contribution < -0.4 is 5.73 Å². The van der Waals surface area contributed by atoms with Crippen LogP contribution in [0.25, 0.3) is 0 Å². The Morgan fingerprint density at radius 1 is 1.32 bits per heavy atom. The van der Waals surface area contributed by atoms with Gasteiger partial charge in [0, 0.05) is 18.3 Å². The fourth-order valence-corrected chi connectivity index (χ4v) is 3.23. The third-order valence-corrected chi connectivity index (χ3v) is 4.01. The smallest absolute Gasteiger partial charge is 0.326 e. The molecule has 2 fully saturated rings. The number of ether oxygens (including phenoxy) is 2. The molecule has 0 aromatic heterocycles. The van der Waals surface area contributed by atoms with Gasteiger partial charge in [0.25, 0.3) is 0 Å². The minimum Gasteiger partial charge on any atom is -0.466 e. The van der Waals surface area contributed by atoms with Crippen molar-refractivity contribution in [2.45, 2.75) is 31.8 Å². The summed E-state index contributed by atoms with van der Waals surface area (Å²) in [4.78, 5) is 34.6. The third-order valence-electron chi connectivity index (χ3n) is 4.01. The Morgan fingerprint density at radius 2 is 1.95 bits per heavy atom. The van der Waals surface area contributed by atoms with Gasteiger partial charge in [-0.25, -0.2) is 0 Å². The summed E-state index contributed by atoms with van der Waals surface area (Å²) in [6.45, 7) is 3.84. The van der Waals surface area contributed by atoms with E-state index in [9.17, 15) is 14.5 Å². The number of carbonyl (C=O) groups is 2. The summed E-state index contributed by atoms with van der Waals surface area (Å²) in [7, 11) is 0. The van der Waals surface area contributed by atoms with Gasteiger partial charge < -0.3 is 15.2 Å². The highest BCUT2D eigenvalue weighted by atomic mass is 16.5. The van der Waals surface area contributed by atoms with Crippen LogP contribution in [0.4, 0.5) is 0 Å². The maximum Gasteiger partial charge on any atom is 0.326 e. The Kier molecular flexibility index (Phi) is 3.58. The highest BCUT2D eigenvalue weighted by Gasteiger charge is 2.75. The van der Waals surface area contributed by atoms with Crippen LogP contribution in [0.5, 0.6) is 0 Å². The summed E-state index contributed by atoms with van der Waals surface area (Å²) in [6, 6.07) is -0.617. The van der Waals surface area contributed by atoms with Crippen molar-refractivity contribution in [2.24, 2.45) is 28.7 Å². The average Bonchev–Trinajstić information content (AvgIpc) is 3.05. The molecule has 0 bridgehead atoms. The minimum atomic E-state index is -1.29. The van der Waals surface area contributed by atoms with Crippen molar-refractivity contribution in [3.8, 4) is 0 Å². The van der Waals surface area contributed by atoms with Gasteiger partial charge in [-0.1, -0.05) is 5.18 Å². The SMILES string of the molecule is CCOC(=O)[C@@H]1C2C(N=O)C[C@](N)(C(=O)OCC)[C@@H]21. The lowest BCUT2D eigenvalue weighted by Gasteiger charge is -2.25. The second kappa shape index (κ2) is 4.88. The van der Waals surface area contributed by atoms with Crippen molar-refractivity contribution in [1.82, 2.24) is 0 Å². The molecule has 0 aromatic carbocycles. The average molecular weight is 270 g/mol. The van der Waals surface area contributed by atoms with Crippen molar-refractivity contribution < 1.29 is 19.1 Å². The number of hydrogen-bond acceptors (Lipinski definition) is 7. The van der Waals surface area contributed by atoms with Crippen LogP contribution in [0.15, 0.2) is 5.18 Å². The van der Waals surface area contributed by atoms with E-state index in [0.717, 1.165) is 0 Å². The molecule has 106 valence electrons. The van der Waals surface area contributed by atoms with Gasteiger partial charge in [0.2, 0.25) is 0 Å². The van der Waals surface area contributed by atoms with Gasteiger partial charge in [0.05, 0.1) is 25.2 Å². The number of carbonyl (C=O) groups excluding carboxylic acids is 2. The predicted octanol–water partition coefficient (Wildman–Crippen LogP) is 0.211. The standard InChI is InChI=1S/C12H18N2O5/c1-3-18-10(15)8-7-6(14-17)5-12(13,9(7)8)11(16)19-4-2/h6-9H,3-5,13H2,1-2H3/t6?,7?,8-,9+,12-/m1/s1. The molecular formula is C12H18N2O5. The van der Waals surface area contributed by atoms with E-state index in [-0.39, 0.29) is 25.6 Å². The zero-order valence-electron chi connectivity index (χ0n) is 11.0. The highest BCUT2D eigenvalue weighted by molar-refractivity contribution is 5.87. The maximum atomic E-state index is 11.9. The second-order valence-electron chi connectivity index (χ2n) is 5.02. The second-order valence-corrected chi connectivity index (χ2v) is 5.02. The molecule has 0 radical (unpaired) electrons. The lowest BCUT2D eigenvalue weighted by molar-refractivity contribution is -0.151. The van der Waals surface area contributed by atoms with Crippen molar-refractivity contribution in [2.75, 3.05) is 13.2 Å². The first-order valence-electron chi connectivity index (χ1n) is 6.46. The van der Waals surface area contributed by atoms with Gasteiger partial charge in [-0.2, -0.15) is 4.91 Å². The molecule has 2 saturated carbocycles. The Bertz CT molecular complexity index is 413. The normalized spacial score (nSPS) is 39.3. The first kappa shape index (κ1) is 13.9. The molecule has 0 heterocycles. The fraction of sp³-hybridized carbons (Fsp3) is 0.833. The summed E-state index contributed by atoms with van der Waals surface area (Å²) in [6.07, 6.45) is 0.139. The number of nitrogens with zero attached hydrogens (tertiary/aromatic N) is 1. The molecule has 0 aliphatic heterocycles. The van der Waals surface area contributed by atoms with Crippen LogP contribution in [-0.2, 0) is 19.1 Å². The van der Waals surface area contributed by atoms with Gasteiger partial charge in [-0.05, 0) is 13.8 Å². The van der Waals surface area contributed by atoms with Crippen LogP contribution in [0.3, 0.4) is 0 Å².